The van der Waals surface area contributed by atoms with Crippen LogP contribution in [0.15, 0.2) is 6.20 Å². The Morgan fingerprint density at radius 1 is 1.61 bits per heavy atom. The lowest BCUT2D eigenvalue weighted by Gasteiger charge is -2.36. The zero-order valence-corrected chi connectivity index (χ0v) is 12.3. The minimum Gasteiger partial charge on any atom is -0.381 e. The second kappa shape index (κ2) is 5.40. The molecule has 0 saturated carbocycles. The molecule has 0 unspecified atom stereocenters. The Balaban J connectivity index is 2.12. The highest BCUT2D eigenvalue weighted by Gasteiger charge is 2.33. The molecule has 1 aliphatic heterocycles. The summed E-state index contributed by atoms with van der Waals surface area (Å²) in [5.41, 5.74) is 1.20. The molecule has 18 heavy (non-hydrogen) atoms. The van der Waals surface area contributed by atoms with E-state index in [0.29, 0.717) is 18.8 Å². The fraction of sp³-hybridized carbons (Fsp3) is 0.667. The van der Waals surface area contributed by atoms with E-state index in [4.69, 9.17) is 4.74 Å². The third-order valence-corrected chi connectivity index (χ3v) is 4.42. The van der Waals surface area contributed by atoms with Gasteiger partial charge in [-0.25, -0.2) is 0 Å². The van der Waals surface area contributed by atoms with Gasteiger partial charge in [0.15, 0.2) is 0 Å². The molecule has 5 nitrogen and oxygen atoms in total. The first-order chi connectivity index (χ1) is 8.56. The topological polar surface area (TPSA) is 56.2 Å². The highest BCUT2D eigenvalue weighted by Crippen LogP contribution is 2.23. The third kappa shape index (κ3) is 2.75. The molecule has 100 valence electrons. The number of hydrogen-bond acceptors (Lipinski definition) is 3. The standard InChI is InChI=1S/C12H18BrN3O2/c1-9-10(7-16(2)15-9)11(17)14-12(8-13)3-5-18-6-4-12/h7H,3-6,8H2,1-2H3,(H,14,17). The maximum absolute atomic E-state index is 12.3. The zero-order valence-electron chi connectivity index (χ0n) is 10.7. The number of rotatable bonds is 3. The van der Waals surface area contributed by atoms with Gasteiger partial charge in [-0.2, -0.15) is 5.10 Å². The summed E-state index contributed by atoms with van der Waals surface area (Å²) in [6.07, 6.45) is 3.43. The largest absolute Gasteiger partial charge is 0.381 e. The summed E-state index contributed by atoms with van der Waals surface area (Å²) in [5.74, 6) is -0.0537. The van der Waals surface area contributed by atoms with Crippen LogP contribution < -0.4 is 5.32 Å². The van der Waals surface area contributed by atoms with Gasteiger partial charge in [-0.15, -0.1) is 0 Å². The van der Waals surface area contributed by atoms with Gasteiger partial charge in [0.05, 0.1) is 16.8 Å². The van der Waals surface area contributed by atoms with Crippen molar-refractivity contribution in [1.82, 2.24) is 15.1 Å². The summed E-state index contributed by atoms with van der Waals surface area (Å²) in [5, 5.41) is 8.07. The van der Waals surface area contributed by atoms with Crippen LogP contribution in [-0.4, -0.2) is 39.8 Å². The molecule has 1 N–H and O–H groups in total. The Bertz CT molecular complexity index is 439. The average molecular weight is 316 g/mol. The molecule has 0 spiro atoms. The van der Waals surface area contributed by atoms with Gasteiger partial charge in [0.1, 0.15) is 0 Å². The lowest BCUT2D eigenvalue weighted by molar-refractivity contribution is 0.0441. The number of nitrogens with one attached hydrogen (secondary N) is 1. The third-order valence-electron chi connectivity index (χ3n) is 3.34. The van der Waals surface area contributed by atoms with Crippen molar-refractivity contribution in [2.75, 3.05) is 18.5 Å². The van der Waals surface area contributed by atoms with Crippen molar-refractivity contribution in [2.45, 2.75) is 25.3 Å². The number of halogens is 1. The maximum atomic E-state index is 12.3. The predicted octanol–water partition coefficient (Wildman–Crippen LogP) is 1.40. The molecule has 0 aliphatic carbocycles. The molecule has 0 radical (unpaired) electrons. The van der Waals surface area contributed by atoms with Crippen molar-refractivity contribution < 1.29 is 9.53 Å². The minimum absolute atomic E-state index is 0.0537. The summed E-state index contributed by atoms with van der Waals surface area (Å²) >= 11 is 3.50. The first-order valence-corrected chi connectivity index (χ1v) is 7.15. The monoisotopic (exact) mass is 315 g/mol. The number of ether oxygens (including phenoxy) is 1. The van der Waals surface area contributed by atoms with Crippen LogP contribution >= 0.6 is 15.9 Å². The molecule has 1 amide bonds. The van der Waals surface area contributed by atoms with E-state index < -0.39 is 0 Å². The van der Waals surface area contributed by atoms with E-state index in [1.165, 1.54) is 0 Å². The maximum Gasteiger partial charge on any atom is 0.255 e. The Hall–Kier alpha value is -0.880. The molecular weight excluding hydrogens is 298 g/mol. The molecule has 1 fully saturated rings. The summed E-state index contributed by atoms with van der Waals surface area (Å²) in [7, 11) is 1.82. The predicted molar refractivity (Wildman–Crippen MR) is 72.0 cm³/mol. The molecule has 2 rings (SSSR count). The summed E-state index contributed by atoms with van der Waals surface area (Å²) in [6.45, 7) is 3.23. The SMILES string of the molecule is Cc1nn(C)cc1C(=O)NC1(CBr)CCOCC1. The normalized spacial score (nSPS) is 18.6. The number of hydrogen-bond donors (Lipinski definition) is 1. The van der Waals surface area contributed by atoms with E-state index in [1.54, 1.807) is 10.9 Å². The van der Waals surface area contributed by atoms with Gasteiger partial charge in [0, 0.05) is 31.8 Å². The van der Waals surface area contributed by atoms with E-state index in [1.807, 2.05) is 14.0 Å². The molecule has 1 aromatic rings. The Kier molecular flexibility index (Phi) is 4.07. The fourth-order valence-corrected chi connectivity index (χ4v) is 2.89. The van der Waals surface area contributed by atoms with Gasteiger partial charge in [-0.3, -0.25) is 9.48 Å². The Morgan fingerprint density at radius 2 is 2.28 bits per heavy atom. The lowest BCUT2D eigenvalue weighted by Crippen LogP contribution is -2.53. The first-order valence-electron chi connectivity index (χ1n) is 6.03. The summed E-state index contributed by atoms with van der Waals surface area (Å²) in [6, 6.07) is 0. The first kappa shape index (κ1) is 13.5. The van der Waals surface area contributed by atoms with Crippen LogP contribution in [0.25, 0.3) is 0 Å². The average Bonchev–Trinajstić information content (AvgIpc) is 2.70. The van der Waals surface area contributed by atoms with Gasteiger partial charge in [0.2, 0.25) is 0 Å². The summed E-state index contributed by atoms with van der Waals surface area (Å²) in [4.78, 5) is 12.3. The van der Waals surface area contributed by atoms with Crippen LogP contribution in [0.2, 0.25) is 0 Å². The molecule has 1 aromatic heterocycles. The zero-order chi connectivity index (χ0) is 13.2. The van der Waals surface area contributed by atoms with Gasteiger partial charge in [-0.1, -0.05) is 15.9 Å². The second-order valence-electron chi connectivity index (χ2n) is 4.78. The number of alkyl halides is 1. The smallest absolute Gasteiger partial charge is 0.255 e. The minimum atomic E-state index is -0.197. The van der Waals surface area contributed by atoms with Crippen molar-refractivity contribution in [2.24, 2.45) is 7.05 Å². The molecule has 0 atom stereocenters. The number of carbonyl (C=O) groups excluding carboxylic acids is 1. The van der Waals surface area contributed by atoms with Gasteiger partial charge < -0.3 is 10.1 Å². The van der Waals surface area contributed by atoms with Crippen LogP contribution in [0.4, 0.5) is 0 Å². The van der Waals surface area contributed by atoms with Crippen LogP contribution in [0, 0.1) is 6.92 Å². The van der Waals surface area contributed by atoms with Crippen molar-refractivity contribution in [3.63, 3.8) is 0 Å². The molecule has 0 aromatic carbocycles. The molecule has 2 heterocycles. The van der Waals surface area contributed by atoms with Crippen molar-refractivity contribution in [3.05, 3.63) is 17.5 Å². The molecule has 6 heteroatoms. The molecule has 0 bridgehead atoms. The summed E-state index contributed by atoms with van der Waals surface area (Å²) < 4.78 is 7.01. The van der Waals surface area contributed by atoms with Gasteiger partial charge in [0.25, 0.3) is 5.91 Å². The van der Waals surface area contributed by atoms with Crippen molar-refractivity contribution in [1.29, 1.82) is 0 Å². The van der Waals surface area contributed by atoms with Crippen LogP contribution in [-0.2, 0) is 11.8 Å². The van der Waals surface area contributed by atoms with Crippen LogP contribution in [0.5, 0.6) is 0 Å². The highest BCUT2D eigenvalue weighted by molar-refractivity contribution is 9.09. The number of nitrogens with zero attached hydrogens (tertiary/aromatic N) is 2. The molecule has 1 aliphatic rings. The fourth-order valence-electron chi connectivity index (χ4n) is 2.18. The van der Waals surface area contributed by atoms with E-state index in [0.717, 1.165) is 23.9 Å². The van der Waals surface area contributed by atoms with Crippen molar-refractivity contribution >= 4 is 21.8 Å². The van der Waals surface area contributed by atoms with E-state index in [2.05, 4.69) is 26.3 Å². The van der Waals surface area contributed by atoms with E-state index >= 15 is 0 Å². The Morgan fingerprint density at radius 3 is 2.78 bits per heavy atom. The number of aromatic nitrogens is 2. The Labute approximate surface area is 115 Å². The quantitative estimate of drug-likeness (QED) is 0.858. The van der Waals surface area contributed by atoms with Crippen LogP contribution in [0.1, 0.15) is 28.9 Å². The number of amides is 1. The number of carbonyl (C=O) groups is 1. The van der Waals surface area contributed by atoms with Crippen LogP contribution in [0.3, 0.4) is 0 Å². The number of aryl methyl sites for hydroxylation is 2. The van der Waals surface area contributed by atoms with Crippen molar-refractivity contribution in [3.8, 4) is 0 Å². The second-order valence-corrected chi connectivity index (χ2v) is 5.34. The van der Waals surface area contributed by atoms with Gasteiger partial charge >= 0.3 is 0 Å². The van der Waals surface area contributed by atoms with E-state index in [9.17, 15) is 4.79 Å². The highest BCUT2D eigenvalue weighted by atomic mass is 79.9. The van der Waals surface area contributed by atoms with Gasteiger partial charge in [-0.05, 0) is 19.8 Å². The molecular formula is C12H18BrN3O2. The lowest BCUT2D eigenvalue weighted by atomic mass is 9.92. The molecule has 1 saturated heterocycles. The van der Waals surface area contributed by atoms with E-state index in [-0.39, 0.29) is 11.4 Å².